The van der Waals surface area contributed by atoms with Gasteiger partial charge in [-0.25, -0.2) is 4.79 Å². The lowest BCUT2D eigenvalue weighted by molar-refractivity contribution is -0.137. The van der Waals surface area contributed by atoms with Crippen molar-refractivity contribution in [3.05, 3.63) is 59.7 Å². The first-order valence-electron chi connectivity index (χ1n) is 11.5. The van der Waals surface area contributed by atoms with Crippen molar-refractivity contribution >= 4 is 18.0 Å². The van der Waals surface area contributed by atoms with Crippen molar-refractivity contribution in [2.24, 2.45) is 5.92 Å². The number of carbonyl (C=O) groups is 3. The van der Waals surface area contributed by atoms with Crippen LogP contribution in [0, 0.1) is 5.92 Å². The van der Waals surface area contributed by atoms with E-state index in [1.54, 1.807) is 0 Å². The molecule has 3 rings (SSSR count). The minimum Gasteiger partial charge on any atom is -0.481 e. The fourth-order valence-electron chi connectivity index (χ4n) is 4.10. The molecule has 176 valence electrons. The van der Waals surface area contributed by atoms with Gasteiger partial charge < -0.3 is 20.5 Å². The number of alkyl carbamates (subject to hydrolysis) is 1. The molecule has 2 aromatic carbocycles. The molecule has 1 unspecified atom stereocenters. The Hall–Kier alpha value is -3.35. The number of benzene rings is 2. The fourth-order valence-corrected chi connectivity index (χ4v) is 4.10. The Bertz CT molecular complexity index is 929. The van der Waals surface area contributed by atoms with Crippen molar-refractivity contribution in [2.75, 3.05) is 19.7 Å². The Balaban J connectivity index is 1.31. The summed E-state index contributed by atoms with van der Waals surface area (Å²) >= 11 is 0. The monoisotopic (exact) mass is 452 g/mol. The van der Waals surface area contributed by atoms with Gasteiger partial charge in [0.2, 0.25) is 5.91 Å². The summed E-state index contributed by atoms with van der Waals surface area (Å²) in [6.45, 7) is 3.12. The molecule has 0 heterocycles. The van der Waals surface area contributed by atoms with Crippen molar-refractivity contribution in [3.8, 4) is 11.1 Å². The number of hydrogen-bond donors (Lipinski definition) is 3. The summed E-state index contributed by atoms with van der Waals surface area (Å²) in [5.41, 5.74) is 4.73. The number of ether oxygens (including phenoxy) is 1. The van der Waals surface area contributed by atoms with Gasteiger partial charge in [-0.05, 0) is 47.4 Å². The van der Waals surface area contributed by atoms with E-state index < -0.39 is 12.1 Å². The molecule has 2 aromatic rings. The summed E-state index contributed by atoms with van der Waals surface area (Å²) in [6, 6.07) is 16.4. The minimum absolute atomic E-state index is 0.0322. The van der Waals surface area contributed by atoms with Crippen LogP contribution in [-0.2, 0) is 14.3 Å². The second-order valence-corrected chi connectivity index (χ2v) is 8.55. The molecule has 33 heavy (non-hydrogen) atoms. The molecule has 0 saturated heterocycles. The molecular formula is C26H32N2O5. The zero-order chi connectivity index (χ0) is 23.6. The van der Waals surface area contributed by atoms with Crippen molar-refractivity contribution in [3.63, 3.8) is 0 Å². The zero-order valence-corrected chi connectivity index (χ0v) is 19.0. The van der Waals surface area contributed by atoms with E-state index in [9.17, 15) is 14.4 Å². The minimum atomic E-state index is -0.822. The molecule has 1 aliphatic carbocycles. The molecule has 7 heteroatoms. The maximum absolute atomic E-state index is 12.2. The molecule has 0 spiro atoms. The number of fused-ring (bicyclic) bond motifs is 3. The third-order valence-corrected chi connectivity index (χ3v) is 5.94. The number of rotatable bonds is 12. The van der Waals surface area contributed by atoms with Gasteiger partial charge in [-0.2, -0.15) is 0 Å². The molecule has 2 amide bonds. The lowest BCUT2D eigenvalue weighted by Crippen LogP contribution is -2.29. The highest BCUT2D eigenvalue weighted by molar-refractivity contribution is 5.79. The standard InChI is InChI=1S/C26H32N2O5/c1-18(13-14-25(30)31)16-28-24(29)12-6-7-15-27-26(32)33-17-23-21-10-4-2-8-19(21)20-9-3-5-11-22(20)23/h2-5,8-11,18,23H,6-7,12-17H2,1H3,(H,27,32)(H,28,29)(H,30,31). The molecule has 0 bridgehead atoms. The summed E-state index contributed by atoms with van der Waals surface area (Å²) in [4.78, 5) is 34.6. The van der Waals surface area contributed by atoms with Crippen LogP contribution in [0.2, 0.25) is 0 Å². The van der Waals surface area contributed by atoms with E-state index in [4.69, 9.17) is 9.84 Å². The summed E-state index contributed by atoms with van der Waals surface area (Å²) in [7, 11) is 0. The Labute approximate surface area is 194 Å². The van der Waals surface area contributed by atoms with Crippen LogP contribution in [0.3, 0.4) is 0 Å². The third kappa shape index (κ3) is 7.07. The van der Waals surface area contributed by atoms with Crippen molar-refractivity contribution in [1.82, 2.24) is 10.6 Å². The number of hydrogen-bond acceptors (Lipinski definition) is 4. The predicted octanol–water partition coefficient (Wildman–Crippen LogP) is 4.31. The van der Waals surface area contributed by atoms with Gasteiger partial charge in [0.15, 0.2) is 0 Å². The van der Waals surface area contributed by atoms with E-state index in [0.717, 1.165) is 0 Å². The predicted molar refractivity (Wildman–Crippen MR) is 126 cm³/mol. The second kappa shape index (κ2) is 12.0. The Kier molecular flexibility index (Phi) is 8.87. The van der Waals surface area contributed by atoms with Crippen LogP contribution in [0.4, 0.5) is 4.79 Å². The van der Waals surface area contributed by atoms with Gasteiger partial charge in [-0.3, -0.25) is 9.59 Å². The highest BCUT2D eigenvalue weighted by Gasteiger charge is 2.28. The SMILES string of the molecule is CC(CCC(=O)O)CNC(=O)CCCCNC(=O)OCC1c2ccccc2-c2ccccc21. The van der Waals surface area contributed by atoms with Gasteiger partial charge in [0.25, 0.3) is 0 Å². The van der Waals surface area contributed by atoms with Gasteiger partial charge in [0.05, 0.1) is 0 Å². The first kappa shape index (κ1) is 24.3. The first-order chi connectivity index (χ1) is 16.0. The van der Waals surface area contributed by atoms with Crippen LogP contribution in [-0.4, -0.2) is 42.8 Å². The van der Waals surface area contributed by atoms with E-state index >= 15 is 0 Å². The maximum Gasteiger partial charge on any atom is 0.407 e. The molecule has 0 radical (unpaired) electrons. The quantitative estimate of drug-likeness (QED) is 0.416. The molecular weight excluding hydrogens is 420 g/mol. The van der Waals surface area contributed by atoms with Gasteiger partial charge in [0, 0.05) is 31.8 Å². The molecule has 7 nitrogen and oxygen atoms in total. The maximum atomic E-state index is 12.2. The van der Waals surface area contributed by atoms with Gasteiger partial charge in [-0.15, -0.1) is 0 Å². The molecule has 3 N–H and O–H groups in total. The van der Waals surface area contributed by atoms with Gasteiger partial charge in [0.1, 0.15) is 6.61 Å². The number of aliphatic carboxylic acids is 1. The highest BCUT2D eigenvalue weighted by Crippen LogP contribution is 2.44. The Morgan fingerprint density at radius 3 is 2.21 bits per heavy atom. The second-order valence-electron chi connectivity index (χ2n) is 8.55. The topological polar surface area (TPSA) is 105 Å². The van der Waals surface area contributed by atoms with Gasteiger partial charge >= 0.3 is 12.1 Å². The molecule has 0 saturated carbocycles. The molecule has 0 aliphatic heterocycles. The average molecular weight is 453 g/mol. The summed E-state index contributed by atoms with van der Waals surface area (Å²) < 4.78 is 5.50. The summed E-state index contributed by atoms with van der Waals surface area (Å²) in [5.74, 6) is -0.722. The number of carboxylic acids is 1. The van der Waals surface area contributed by atoms with Crippen molar-refractivity contribution in [1.29, 1.82) is 0 Å². The third-order valence-electron chi connectivity index (χ3n) is 5.94. The van der Waals surface area contributed by atoms with E-state index in [-0.39, 0.29) is 30.8 Å². The molecule has 0 fully saturated rings. The van der Waals surface area contributed by atoms with Gasteiger partial charge in [-0.1, -0.05) is 55.5 Å². The number of carboxylic acid groups (broad SMARTS) is 1. The van der Waals surface area contributed by atoms with Crippen LogP contribution in [0.25, 0.3) is 11.1 Å². The summed E-state index contributed by atoms with van der Waals surface area (Å²) in [5, 5.41) is 14.3. The lowest BCUT2D eigenvalue weighted by Gasteiger charge is -2.14. The number of carbonyl (C=O) groups excluding carboxylic acids is 2. The van der Waals surface area contributed by atoms with Crippen LogP contribution in [0.5, 0.6) is 0 Å². The molecule has 0 aromatic heterocycles. The number of nitrogens with one attached hydrogen (secondary N) is 2. The molecule has 1 aliphatic rings. The molecule has 1 atom stereocenters. The smallest absolute Gasteiger partial charge is 0.407 e. The Morgan fingerprint density at radius 2 is 1.58 bits per heavy atom. The van der Waals surface area contributed by atoms with Crippen molar-refractivity contribution in [2.45, 2.75) is 44.9 Å². The normalized spacial score (nSPS) is 13.0. The fraction of sp³-hybridized carbons (Fsp3) is 0.423. The van der Waals surface area contributed by atoms with E-state index in [1.807, 2.05) is 31.2 Å². The van der Waals surface area contributed by atoms with E-state index in [1.165, 1.54) is 22.3 Å². The lowest BCUT2D eigenvalue weighted by atomic mass is 9.98. The zero-order valence-electron chi connectivity index (χ0n) is 19.0. The average Bonchev–Trinajstić information content (AvgIpc) is 3.13. The van der Waals surface area contributed by atoms with Crippen LogP contribution in [0.15, 0.2) is 48.5 Å². The van der Waals surface area contributed by atoms with Crippen LogP contribution in [0.1, 0.15) is 56.1 Å². The van der Waals surface area contributed by atoms with Crippen molar-refractivity contribution < 1.29 is 24.2 Å². The van der Waals surface area contributed by atoms with Crippen LogP contribution >= 0.6 is 0 Å². The van der Waals surface area contributed by atoms with E-state index in [2.05, 4.69) is 34.9 Å². The first-order valence-corrected chi connectivity index (χ1v) is 11.5. The number of unbranched alkanes of at least 4 members (excludes halogenated alkanes) is 1. The Morgan fingerprint density at radius 1 is 0.939 bits per heavy atom. The largest absolute Gasteiger partial charge is 0.481 e. The highest BCUT2D eigenvalue weighted by atomic mass is 16.5. The summed E-state index contributed by atoms with van der Waals surface area (Å²) in [6.07, 6.45) is 1.90. The number of amides is 2. The van der Waals surface area contributed by atoms with Crippen LogP contribution < -0.4 is 10.6 Å². The van der Waals surface area contributed by atoms with E-state index in [0.29, 0.717) is 38.8 Å².